The van der Waals surface area contributed by atoms with Crippen LogP contribution in [0.5, 0.6) is 0 Å². The number of aliphatic carboxylic acids is 1. The van der Waals surface area contributed by atoms with E-state index in [-0.39, 0.29) is 12.4 Å². The van der Waals surface area contributed by atoms with E-state index in [0.29, 0.717) is 11.4 Å². The molecule has 1 rings (SSSR count). The minimum absolute atomic E-state index is 0. The fourth-order valence-electron chi connectivity index (χ4n) is 1.01. The largest absolute Gasteiger partial charge is 0.480 e. The van der Waals surface area contributed by atoms with Crippen LogP contribution in [0.1, 0.15) is 5.56 Å². The van der Waals surface area contributed by atoms with E-state index < -0.39 is 12.0 Å². The van der Waals surface area contributed by atoms with Crippen LogP contribution in [-0.4, -0.2) is 17.1 Å². The molecule has 1 unspecified atom stereocenters. The molecule has 0 amide bonds. The Bertz CT molecular complexity index is 360. The highest BCUT2D eigenvalue weighted by Gasteiger charge is 2.12. The zero-order chi connectivity index (χ0) is 10.7. The molecule has 0 spiro atoms. The van der Waals surface area contributed by atoms with Gasteiger partial charge in [-0.05, 0) is 46.7 Å². The third-order valence-electron chi connectivity index (χ3n) is 1.76. The Labute approximate surface area is 113 Å². The number of benzene rings is 1. The zero-order valence-corrected chi connectivity index (χ0v) is 11.3. The van der Waals surface area contributed by atoms with Gasteiger partial charge in [0.15, 0.2) is 0 Å². The molecule has 0 bridgehead atoms. The van der Waals surface area contributed by atoms with Crippen LogP contribution in [0.4, 0.5) is 0 Å². The molecule has 0 aliphatic heterocycles. The van der Waals surface area contributed by atoms with Crippen molar-refractivity contribution in [2.45, 2.75) is 12.5 Å². The number of carbonyl (C=O) groups is 1. The van der Waals surface area contributed by atoms with Gasteiger partial charge in [-0.1, -0.05) is 17.7 Å². The van der Waals surface area contributed by atoms with Crippen molar-refractivity contribution in [3.05, 3.63) is 32.4 Å². The van der Waals surface area contributed by atoms with Gasteiger partial charge in [0.25, 0.3) is 0 Å². The normalized spacial score (nSPS) is 11.7. The SMILES string of the molecule is Cl.NC(Cc1ccc(Cl)c(I)c1)C(=O)O. The maximum Gasteiger partial charge on any atom is 0.320 e. The standard InChI is InChI=1S/C9H9ClINO2.ClH/c10-6-2-1-5(3-7(6)11)4-8(12)9(13)14;/h1-3,8H,4,12H2,(H,13,14);1H. The highest BCUT2D eigenvalue weighted by molar-refractivity contribution is 14.1. The first kappa shape index (κ1) is 15.0. The molecule has 1 atom stereocenters. The van der Waals surface area contributed by atoms with Crippen LogP contribution in [0.3, 0.4) is 0 Å². The molecule has 0 saturated carbocycles. The minimum Gasteiger partial charge on any atom is -0.480 e. The molecule has 0 radical (unpaired) electrons. The van der Waals surface area contributed by atoms with Crippen LogP contribution in [0.15, 0.2) is 18.2 Å². The molecular formula is C9H10Cl2INO2. The zero-order valence-electron chi connectivity index (χ0n) is 7.61. The van der Waals surface area contributed by atoms with Gasteiger partial charge >= 0.3 is 5.97 Å². The van der Waals surface area contributed by atoms with Crippen molar-refractivity contribution in [1.82, 2.24) is 0 Å². The molecule has 84 valence electrons. The number of nitrogens with two attached hydrogens (primary N) is 1. The van der Waals surface area contributed by atoms with E-state index in [1.54, 1.807) is 12.1 Å². The maximum absolute atomic E-state index is 10.5. The summed E-state index contributed by atoms with van der Waals surface area (Å²) in [5, 5.41) is 9.28. The Hall–Kier alpha value is -0.0400. The first-order chi connectivity index (χ1) is 6.50. The van der Waals surface area contributed by atoms with Crippen LogP contribution < -0.4 is 5.73 Å². The van der Waals surface area contributed by atoms with E-state index in [9.17, 15) is 4.79 Å². The summed E-state index contributed by atoms with van der Waals surface area (Å²) >= 11 is 7.92. The lowest BCUT2D eigenvalue weighted by Crippen LogP contribution is -2.32. The molecule has 3 nitrogen and oxygen atoms in total. The van der Waals surface area contributed by atoms with E-state index >= 15 is 0 Å². The molecule has 15 heavy (non-hydrogen) atoms. The number of hydrogen-bond donors (Lipinski definition) is 2. The van der Waals surface area contributed by atoms with Crippen LogP contribution in [-0.2, 0) is 11.2 Å². The highest BCUT2D eigenvalue weighted by Crippen LogP contribution is 2.19. The molecule has 1 aromatic rings. The average molecular weight is 362 g/mol. The summed E-state index contributed by atoms with van der Waals surface area (Å²) in [6, 6.07) is 4.51. The molecular weight excluding hydrogens is 352 g/mol. The number of halogens is 3. The van der Waals surface area contributed by atoms with Crippen LogP contribution in [0.25, 0.3) is 0 Å². The summed E-state index contributed by atoms with van der Waals surface area (Å²) in [6.45, 7) is 0. The number of carboxylic acids is 1. The molecule has 0 aliphatic carbocycles. The molecule has 0 saturated heterocycles. The average Bonchev–Trinajstić information content (AvgIpc) is 2.11. The lowest BCUT2D eigenvalue weighted by atomic mass is 10.1. The van der Waals surface area contributed by atoms with E-state index in [2.05, 4.69) is 22.6 Å². The molecule has 0 aliphatic rings. The molecule has 3 N–H and O–H groups in total. The fourth-order valence-corrected chi connectivity index (χ4v) is 1.71. The first-order valence-corrected chi connectivity index (χ1v) is 5.38. The second-order valence-electron chi connectivity index (χ2n) is 2.90. The van der Waals surface area contributed by atoms with Crippen LogP contribution in [0, 0.1) is 3.57 Å². The van der Waals surface area contributed by atoms with Crippen molar-refractivity contribution in [3.8, 4) is 0 Å². The topological polar surface area (TPSA) is 63.3 Å². The van der Waals surface area contributed by atoms with E-state index in [0.717, 1.165) is 9.13 Å². The van der Waals surface area contributed by atoms with Gasteiger partial charge in [-0.3, -0.25) is 4.79 Å². The molecule has 0 aromatic heterocycles. The number of carboxylic acid groups (broad SMARTS) is 1. The van der Waals surface area contributed by atoms with Crippen molar-refractivity contribution >= 4 is 52.6 Å². The maximum atomic E-state index is 10.5. The van der Waals surface area contributed by atoms with Crippen molar-refractivity contribution in [1.29, 1.82) is 0 Å². The van der Waals surface area contributed by atoms with Gasteiger partial charge in [0.05, 0.1) is 5.02 Å². The van der Waals surface area contributed by atoms with Crippen molar-refractivity contribution < 1.29 is 9.90 Å². The highest BCUT2D eigenvalue weighted by atomic mass is 127. The third-order valence-corrected chi connectivity index (χ3v) is 3.30. The molecule has 6 heteroatoms. The molecule has 0 heterocycles. The predicted molar refractivity (Wildman–Crippen MR) is 70.7 cm³/mol. The Balaban J connectivity index is 0.00000196. The quantitative estimate of drug-likeness (QED) is 0.812. The Morgan fingerprint density at radius 3 is 2.67 bits per heavy atom. The first-order valence-electron chi connectivity index (χ1n) is 3.93. The van der Waals surface area contributed by atoms with Gasteiger partial charge in [-0.25, -0.2) is 0 Å². The van der Waals surface area contributed by atoms with Crippen molar-refractivity contribution in [2.75, 3.05) is 0 Å². The summed E-state index contributed by atoms with van der Waals surface area (Å²) in [5.41, 5.74) is 6.28. The lowest BCUT2D eigenvalue weighted by Gasteiger charge is -2.07. The van der Waals surface area contributed by atoms with Crippen molar-refractivity contribution in [2.24, 2.45) is 5.73 Å². The van der Waals surface area contributed by atoms with Gasteiger partial charge < -0.3 is 10.8 Å². The smallest absolute Gasteiger partial charge is 0.320 e. The van der Waals surface area contributed by atoms with Gasteiger partial charge in [0, 0.05) is 3.57 Å². The lowest BCUT2D eigenvalue weighted by molar-refractivity contribution is -0.138. The second-order valence-corrected chi connectivity index (χ2v) is 4.47. The van der Waals surface area contributed by atoms with Crippen LogP contribution >= 0.6 is 46.6 Å². The van der Waals surface area contributed by atoms with E-state index in [4.69, 9.17) is 22.4 Å². The Morgan fingerprint density at radius 1 is 1.60 bits per heavy atom. The van der Waals surface area contributed by atoms with Gasteiger partial charge in [-0.15, -0.1) is 12.4 Å². The van der Waals surface area contributed by atoms with Gasteiger partial charge in [-0.2, -0.15) is 0 Å². The van der Waals surface area contributed by atoms with E-state index in [1.807, 2.05) is 6.07 Å². The van der Waals surface area contributed by atoms with Crippen molar-refractivity contribution in [3.63, 3.8) is 0 Å². The monoisotopic (exact) mass is 361 g/mol. The van der Waals surface area contributed by atoms with E-state index in [1.165, 1.54) is 0 Å². The summed E-state index contributed by atoms with van der Waals surface area (Å²) < 4.78 is 0.902. The summed E-state index contributed by atoms with van der Waals surface area (Å²) in [6.07, 6.45) is 0.322. The Kier molecular flexibility index (Phi) is 6.51. The van der Waals surface area contributed by atoms with Gasteiger partial charge in [0.2, 0.25) is 0 Å². The summed E-state index contributed by atoms with van der Waals surface area (Å²) in [7, 11) is 0. The molecule has 1 aromatic carbocycles. The summed E-state index contributed by atoms with van der Waals surface area (Å²) in [5.74, 6) is -0.991. The molecule has 0 fully saturated rings. The fraction of sp³-hybridized carbons (Fsp3) is 0.222. The number of rotatable bonds is 3. The second kappa shape index (κ2) is 6.52. The summed E-state index contributed by atoms with van der Waals surface area (Å²) in [4.78, 5) is 10.5. The predicted octanol–water partition coefficient (Wildman–Crippen LogP) is 2.32. The number of hydrogen-bond acceptors (Lipinski definition) is 2. The Morgan fingerprint density at radius 2 is 2.20 bits per heavy atom. The third kappa shape index (κ3) is 4.55. The van der Waals surface area contributed by atoms with Gasteiger partial charge in [0.1, 0.15) is 6.04 Å². The van der Waals surface area contributed by atoms with Crippen LogP contribution in [0.2, 0.25) is 5.02 Å². The minimum atomic E-state index is -0.991.